The lowest BCUT2D eigenvalue weighted by molar-refractivity contribution is 0.581. The highest BCUT2D eigenvalue weighted by Gasteiger charge is 2.06. The van der Waals surface area contributed by atoms with Gasteiger partial charge in [0.15, 0.2) is 0 Å². The largest absolute Gasteiger partial charge is 0.463 e. The topological polar surface area (TPSA) is 39.2 Å². The third-order valence-electron chi connectivity index (χ3n) is 2.39. The van der Waals surface area contributed by atoms with E-state index >= 15 is 0 Å². The monoisotopic (exact) mass is 279 g/mol. The third kappa shape index (κ3) is 2.54. The first-order chi connectivity index (χ1) is 7.66. The molecule has 0 saturated heterocycles. The molecular formula is C13H14BrNO. The Morgan fingerprint density at radius 1 is 1.25 bits per heavy atom. The third-order valence-corrected chi connectivity index (χ3v) is 3.02. The molecule has 2 aromatic rings. The van der Waals surface area contributed by atoms with E-state index in [4.69, 9.17) is 10.2 Å². The van der Waals surface area contributed by atoms with Crippen LogP contribution in [-0.2, 0) is 6.42 Å². The van der Waals surface area contributed by atoms with Crippen molar-refractivity contribution in [3.63, 3.8) is 0 Å². The van der Waals surface area contributed by atoms with Gasteiger partial charge in [0.05, 0.1) is 10.7 Å². The molecule has 2 N–H and O–H groups in total. The van der Waals surface area contributed by atoms with Gasteiger partial charge in [0.2, 0.25) is 0 Å². The number of nitrogens with two attached hydrogens (primary N) is 1. The van der Waals surface area contributed by atoms with Crippen molar-refractivity contribution < 1.29 is 4.42 Å². The molecule has 2 nitrogen and oxygen atoms in total. The molecule has 0 aliphatic rings. The van der Waals surface area contributed by atoms with Crippen molar-refractivity contribution in [3.8, 4) is 11.3 Å². The summed E-state index contributed by atoms with van der Waals surface area (Å²) in [6, 6.07) is 10.4. The van der Waals surface area contributed by atoms with Crippen molar-refractivity contribution in [1.82, 2.24) is 0 Å². The molecule has 0 amide bonds. The predicted molar refractivity (Wildman–Crippen MR) is 69.2 cm³/mol. The van der Waals surface area contributed by atoms with Crippen LogP contribution in [0.5, 0.6) is 0 Å². The average molecular weight is 280 g/mol. The molecule has 0 radical (unpaired) electrons. The van der Waals surface area contributed by atoms with Gasteiger partial charge in [-0.15, -0.1) is 0 Å². The predicted octanol–water partition coefficient (Wildman–Crippen LogP) is 3.60. The summed E-state index contributed by atoms with van der Waals surface area (Å²) in [5, 5.41) is 0. The highest BCUT2D eigenvalue weighted by molar-refractivity contribution is 9.10. The molecule has 1 heterocycles. The van der Waals surface area contributed by atoms with Crippen molar-refractivity contribution in [2.24, 2.45) is 5.73 Å². The van der Waals surface area contributed by atoms with Gasteiger partial charge in [-0.05, 0) is 40.9 Å². The Kier molecular flexibility index (Phi) is 3.46. The normalized spacial score (nSPS) is 12.7. The SMILES string of the molecule is CC(N)Cc1ccc(-c2occc2Br)cc1. The van der Waals surface area contributed by atoms with Crippen molar-refractivity contribution in [3.05, 3.63) is 46.6 Å². The molecule has 2 rings (SSSR count). The van der Waals surface area contributed by atoms with Gasteiger partial charge in [0, 0.05) is 11.6 Å². The Hall–Kier alpha value is -1.06. The summed E-state index contributed by atoms with van der Waals surface area (Å²) in [6.45, 7) is 2.01. The van der Waals surface area contributed by atoms with E-state index in [1.165, 1.54) is 5.56 Å². The fourth-order valence-electron chi connectivity index (χ4n) is 1.66. The maximum absolute atomic E-state index is 5.76. The number of furan rings is 1. The molecule has 1 aromatic heterocycles. The van der Waals surface area contributed by atoms with Gasteiger partial charge < -0.3 is 10.2 Å². The van der Waals surface area contributed by atoms with Crippen molar-refractivity contribution in [2.45, 2.75) is 19.4 Å². The summed E-state index contributed by atoms with van der Waals surface area (Å²) >= 11 is 3.45. The smallest absolute Gasteiger partial charge is 0.148 e. The molecular weight excluding hydrogens is 266 g/mol. The lowest BCUT2D eigenvalue weighted by atomic mass is 10.0. The summed E-state index contributed by atoms with van der Waals surface area (Å²) in [5.41, 5.74) is 8.08. The van der Waals surface area contributed by atoms with Crippen molar-refractivity contribution >= 4 is 15.9 Å². The first kappa shape index (κ1) is 11.4. The molecule has 0 spiro atoms. The Morgan fingerprint density at radius 2 is 1.94 bits per heavy atom. The zero-order chi connectivity index (χ0) is 11.5. The average Bonchev–Trinajstić information content (AvgIpc) is 2.65. The first-order valence-electron chi connectivity index (χ1n) is 5.24. The minimum atomic E-state index is 0.196. The highest BCUT2D eigenvalue weighted by atomic mass is 79.9. The van der Waals surface area contributed by atoms with E-state index in [-0.39, 0.29) is 6.04 Å². The van der Waals surface area contributed by atoms with E-state index in [2.05, 4.69) is 40.2 Å². The van der Waals surface area contributed by atoms with Crippen LogP contribution >= 0.6 is 15.9 Å². The molecule has 3 heteroatoms. The van der Waals surface area contributed by atoms with E-state index < -0.39 is 0 Å². The van der Waals surface area contributed by atoms with E-state index in [1.807, 2.05) is 13.0 Å². The second kappa shape index (κ2) is 4.85. The minimum absolute atomic E-state index is 0.196. The zero-order valence-electron chi connectivity index (χ0n) is 9.11. The lowest BCUT2D eigenvalue weighted by Crippen LogP contribution is -2.17. The second-order valence-electron chi connectivity index (χ2n) is 3.98. The first-order valence-corrected chi connectivity index (χ1v) is 6.04. The molecule has 0 saturated carbocycles. The molecule has 1 aromatic carbocycles. The van der Waals surface area contributed by atoms with Gasteiger partial charge in [-0.2, -0.15) is 0 Å². The molecule has 0 bridgehead atoms. The zero-order valence-corrected chi connectivity index (χ0v) is 10.7. The van der Waals surface area contributed by atoms with Gasteiger partial charge in [0.25, 0.3) is 0 Å². The summed E-state index contributed by atoms with van der Waals surface area (Å²) in [4.78, 5) is 0. The Balaban J connectivity index is 2.23. The Bertz CT molecular complexity index is 459. The van der Waals surface area contributed by atoms with Gasteiger partial charge in [-0.3, -0.25) is 0 Å². The molecule has 84 valence electrons. The van der Waals surface area contributed by atoms with E-state index in [0.717, 1.165) is 22.2 Å². The molecule has 1 atom stereocenters. The second-order valence-corrected chi connectivity index (χ2v) is 4.83. The maximum Gasteiger partial charge on any atom is 0.148 e. The van der Waals surface area contributed by atoms with Crippen LogP contribution in [0, 0.1) is 0 Å². The van der Waals surface area contributed by atoms with Crippen LogP contribution in [0.15, 0.2) is 45.5 Å². The van der Waals surface area contributed by atoms with Crippen molar-refractivity contribution in [2.75, 3.05) is 0 Å². The number of halogens is 1. The molecule has 1 unspecified atom stereocenters. The van der Waals surface area contributed by atoms with Gasteiger partial charge in [-0.1, -0.05) is 24.3 Å². The Morgan fingerprint density at radius 3 is 2.44 bits per heavy atom. The summed E-state index contributed by atoms with van der Waals surface area (Å²) in [5.74, 6) is 0.868. The van der Waals surface area contributed by atoms with Gasteiger partial charge >= 0.3 is 0 Å². The summed E-state index contributed by atoms with van der Waals surface area (Å²) < 4.78 is 6.38. The number of hydrogen-bond acceptors (Lipinski definition) is 2. The quantitative estimate of drug-likeness (QED) is 0.933. The van der Waals surface area contributed by atoms with Crippen LogP contribution in [0.25, 0.3) is 11.3 Å². The van der Waals surface area contributed by atoms with E-state index in [0.29, 0.717) is 0 Å². The number of benzene rings is 1. The van der Waals surface area contributed by atoms with Crippen LogP contribution in [-0.4, -0.2) is 6.04 Å². The van der Waals surface area contributed by atoms with Crippen LogP contribution < -0.4 is 5.73 Å². The van der Waals surface area contributed by atoms with Crippen LogP contribution in [0.2, 0.25) is 0 Å². The summed E-state index contributed by atoms with van der Waals surface area (Å²) in [6.07, 6.45) is 2.58. The fraction of sp³-hybridized carbons (Fsp3) is 0.231. The van der Waals surface area contributed by atoms with E-state index in [1.54, 1.807) is 6.26 Å². The fourth-order valence-corrected chi connectivity index (χ4v) is 2.09. The van der Waals surface area contributed by atoms with Gasteiger partial charge in [0.1, 0.15) is 5.76 Å². The van der Waals surface area contributed by atoms with Crippen LogP contribution in [0.3, 0.4) is 0 Å². The number of hydrogen-bond donors (Lipinski definition) is 1. The molecule has 0 fully saturated rings. The van der Waals surface area contributed by atoms with E-state index in [9.17, 15) is 0 Å². The standard InChI is InChI=1S/C13H14BrNO/c1-9(15)8-10-2-4-11(5-3-10)13-12(14)6-7-16-13/h2-7,9H,8,15H2,1H3. The van der Waals surface area contributed by atoms with Crippen LogP contribution in [0.4, 0.5) is 0 Å². The maximum atomic E-state index is 5.76. The minimum Gasteiger partial charge on any atom is -0.463 e. The van der Waals surface area contributed by atoms with Crippen LogP contribution in [0.1, 0.15) is 12.5 Å². The van der Waals surface area contributed by atoms with Crippen molar-refractivity contribution in [1.29, 1.82) is 0 Å². The lowest BCUT2D eigenvalue weighted by Gasteiger charge is -2.05. The number of rotatable bonds is 3. The Labute approximate surface area is 104 Å². The molecule has 16 heavy (non-hydrogen) atoms. The molecule has 0 aliphatic carbocycles. The highest BCUT2D eigenvalue weighted by Crippen LogP contribution is 2.29. The molecule has 0 aliphatic heterocycles. The summed E-state index contributed by atoms with van der Waals surface area (Å²) in [7, 11) is 0. The van der Waals surface area contributed by atoms with Gasteiger partial charge in [-0.25, -0.2) is 0 Å².